The highest BCUT2D eigenvalue weighted by Gasteiger charge is 2.12. The normalized spacial score (nSPS) is 17.1. The first-order chi connectivity index (χ1) is 13.0. The number of pyridine rings is 1. The van der Waals surface area contributed by atoms with Gasteiger partial charge >= 0.3 is 0 Å². The van der Waals surface area contributed by atoms with Crippen LogP contribution in [0.25, 0.3) is 18.2 Å². The molecule has 3 rings (SSSR count). The first-order valence-electron chi connectivity index (χ1n) is 9.72. The number of hydrogen-bond donors (Lipinski definition) is 0. The molecule has 0 radical (unpaired) electrons. The Balaban J connectivity index is 1.96. The lowest BCUT2D eigenvalue weighted by molar-refractivity contribution is 0.732. The molecular weight excluding hydrogens is 326 g/mol. The molecule has 1 aromatic heterocycles. The third kappa shape index (κ3) is 4.36. The van der Waals surface area contributed by atoms with Crippen LogP contribution >= 0.6 is 0 Å². The van der Waals surface area contributed by atoms with Gasteiger partial charge in [-0.1, -0.05) is 49.5 Å². The van der Waals surface area contributed by atoms with Crippen LogP contribution in [-0.4, -0.2) is 4.98 Å². The highest BCUT2D eigenvalue weighted by atomic mass is 14.6. The standard InChI is InChI=1S/C26H29N/c1-18-7-6-8-24(17-18)10-12-26-21(4)19(2)25(20(3)22(26)5)11-9-23-13-15-27-16-14-23/h6,8-18H,7H2,1-5H3/b11-9+,12-10+. The largest absolute Gasteiger partial charge is 0.265 e. The molecular formula is C26H29N. The van der Waals surface area contributed by atoms with Gasteiger partial charge in [-0.25, -0.2) is 0 Å². The molecule has 0 bridgehead atoms. The lowest BCUT2D eigenvalue weighted by atomic mass is 9.88. The fourth-order valence-corrected chi connectivity index (χ4v) is 3.69. The van der Waals surface area contributed by atoms with Crippen molar-refractivity contribution >= 4 is 18.2 Å². The van der Waals surface area contributed by atoms with Gasteiger partial charge in [0.2, 0.25) is 0 Å². The Kier molecular flexibility index (Phi) is 5.91. The molecule has 1 atom stereocenters. The number of rotatable bonds is 4. The van der Waals surface area contributed by atoms with Crippen molar-refractivity contribution in [2.45, 2.75) is 41.0 Å². The van der Waals surface area contributed by atoms with Crippen molar-refractivity contribution in [1.29, 1.82) is 0 Å². The van der Waals surface area contributed by atoms with Gasteiger partial charge in [0.05, 0.1) is 0 Å². The summed E-state index contributed by atoms with van der Waals surface area (Å²) in [6.07, 6.45) is 20.6. The van der Waals surface area contributed by atoms with Crippen molar-refractivity contribution in [3.63, 3.8) is 0 Å². The molecule has 1 heteroatoms. The Hall–Kier alpha value is -2.67. The van der Waals surface area contributed by atoms with Gasteiger partial charge in [-0.05, 0) is 96.7 Å². The van der Waals surface area contributed by atoms with E-state index in [9.17, 15) is 0 Å². The Morgan fingerprint density at radius 3 is 1.93 bits per heavy atom. The second-order valence-corrected chi connectivity index (χ2v) is 7.56. The summed E-state index contributed by atoms with van der Waals surface area (Å²) in [5.74, 6) is 0.626. The predicted molar refractivity (Wildman–Crippen MR) is 119 cm³/mol. The van der Waals surface area contributed by atoms with Crippen LogP contribution in [-0.2, 0) is 0 Å². The van der Waals surface area contributed by atoms with Crippen molar-refractivity contribution in [1.82, 2.24) is 4.98 Å². The number of hydrogen-bond acceptors (Lipinski definition) is 1. The molecule has 2 aromatic rings. The van der Waals surface area contributed by atoms with E-state index in [0.29, 0.717) is 5.92 Å². The molecule has 138 valence electrons. The first kappa shape index (κ1) is 19.1. The smallest absolute Gasteiger partial charge is 0.0273 e. The molecule has 0 saturated heterocycles. The van der Waals surface area contributed by atoms with Crippen molar-refractivity contribution in [2.75, 3.05) is 0 Å². The molecule has 0 N–H and O–H groups in total. The van der Waals surface area contributed by atoms with Gasteiger partial charge in [-0.15, -0.1) is 0 Å². The lowest BCUT2D eigenvalue weighted by Crippen LogP contribution is -1.99. The summed E-state index contributed by atoms with van der Waals surface area (Å²) in [7, 11) is 0. The zero-order valence-electron chi connectivity index (χ0n) is 17.1. The molecule has 0 aliphatic heterocycles. The Bertz CT molecular complexity index is 911. The van der Waals surface area contributed by atoms with Crippen LogP contribution in [0.1, 0.15) is 52.3 Å². The second-order valence-electron chi connectivity index (χ2n) is 7.56. The van der Waals surface area contributed by atoms with Gasteiger partial charge in [-0.3, -0.25) is 4.98 Å². The van der Waals surface area contributed by atoms with Crippen LogP contribution in [0.5, 0.6) is 0 Å². The zero-order chi connectivity index (χ0) is 19.4. The minimum absolute atomic E-state index is 0.626. The van der Waals surface area contributed by atoms with Gasteiger partial charge in [0.1, 0.15) is 0 Å². The van der Waals surface area contributed by atoms with Gasteiger partial charge in [0.15, 0.2) is 0 Å². The molecule has 0 spiro atoms. The molecule has 0 fully saturated rings. The predicted octanol–water partition coefficient (Wildman–Crippen LogP) is 7.02. The maximum Gasteiger partial charge on any atom is 0.0273 e. The maximum atomic E-state index is 4.09. The van der Waals surface area contributed by atoms with Crippen molar-refractivity contribution in [3.05, 3.63) is 93.3 Å². The molecule has 1 aliphatic rings. The fourth-order valence-electron chi connectivity index (χ4n) is 3.69. The average Bonchev–Trinajstić information content (AvgIpc) is 2.67. The molecule has 0 saturated carbocycles. The van der Waals surface area contributed by atoms with Crippen LogP contribution in [0.2, 0.25) is 0 Å². The number of allylic oxidation sites excluding steroid dienone is 5. The third-order valence-corrected chi connectivity index (χ3v) is 5.63. The van der Waals surface area contributed by atoms with Crippen LogP contribution < -0.4 is 0 Å². The van der Waals surface area contributed by atoms with Gasteiger partial charge in [0.25, 0.3) is 0 Å². The highest BCUT2D eigenvalue weighted by molar-refractivity contribution is 5.77. The fraction of sp³-hybridized carbons (Fsp3) is 0.269. The lowest BCUT2D eigenvalue weighted by Gasteiger charge is -2.17. The summed E-state index contributed by atoms with van der Waals surface area (Å²) >= 11 is 0. The van der Waals surface area contributed by atoms with E-state index in [-0.39, 0.29) is 0 Å². The summed E-state index contributed by atoms with van der Waals surface area (Å²) in [4.78, 5) is 4.09. The molecule has 1 aliphatic carbocycles. The Morgan fingerprint density at radius 2 is 1.37 bits per heavy atom. The van der Waals surface area contributed by atoms with E-state index in [2.05, 4.69) is 82.1 Å². The van der Waals surface area contributed by atoms with Gasteiger partial charge < -0.3 is 0 Å². The SMILES string of the molecule is Cc1c(C)c(/C=C/c2ccncc2)c(C)c(C)c1/C=C/C1=CC(C)CC=C1. The molecule has 27 heavy (non-hydrogen) atoms. The zero-order valence-corrected chi connectivity index (χ0v) is 17.1. The average molecular weight is 356 g/mol. The van der Waals surface area contributed by atoms with E-state index in [1.54, 1.807) is 0 Å². The van der Waals surface area contributed by atoms with Crippen molar-refractivity contribution in [3.8, 4) is 0 Å². The number of aromatic nitrogens is 1. The first-order valence-corrected chi connectivity index (χ1v) is 9.72. The summed E-state index contributed by atoms with van der Waals surface area (Å²) in [6, 6.07) is 4.06. The van der Waals surface area contributed by atoms with E-state index in [1.165, 1.54) is 44.5 Å². The highest BCUT2D eigenvalue weighted by Crippen LogP contribution is 2.30. The summed E-state index contributed by atoms with van der Waals surface area (Å²) in [5.41, 5.74) is 10.6. The van der Waals surface area contributed by atoms with Gasteiger partial charge in [-0.2, -0.15) is 0 Å². The molecule has 1 aromatic carbocycles. The number of benzene rings is 1. The quantitative estimate of drug-likeness (QED) is 0.574. The molecule has 1 heterocycles. The monoisotopic (exact) mass is 355 g/mol. The summed E-state index contributed by atoms with van der Waals surface area (Å²) in [6.45, 7) is 11.2. The van der Waals surface area contributed by atoms with Crippen LogP contribution in [0.15, 0.2) is 54.4 Å². The summed E-state index contributed by atoms with van der Waals surface area (Å²) < 4.78 is 0. The van der Waals surface area contributed by atoms with E-state index >= 15 is 0 Å². The maximum absolute atomic E-state index is 4.09. The molecule has 1 unspecified atom stereocenters. The van der Waals surface area contributed by atoms with Crippen LogP contribution in [0.3, 0.4) is 0 Å². The van der Waals surface area contributed by atoms with Crippen LogP contribution in [0, 0.1) is 33.6 Å². The topological polar surface area (TPSA) is 12.9 Å². The molecule has 0 amide bonds. The van der Waals surface area contributed by atoms with E-state index in [0.717, 1.165) is 6.42 Å². The minimum atomic E-state index is 0.626. The van der Waals surface area contributed by atoms with E-state index in [1.807, 2.05) is 24.5 Å². The van der Waals surface area contributed by atoms with Crippen molar-refractivity contribution in [2.24, 2.45) is 5.92 Å². The summed E-state index contributed by atoms with van der Waals surface area (Å²) in [5, 5.41) is 0. The Morgan fingerprint density at radius 1 is 0.815 bits per heavy atom. The van der Waals surface area contributed by atoms with Gasteiger partial charge in [0, 0.05) is 12.4 Å². The van der Waals surface area contributed by atoms with E-state index < -0.39 is 0 Å². The van der Waals surface area contributed by atoms with Crippen molar-refractivity contribution < 1.29 is 0 Å². The minimum Gasteiger partial charge on any atom is -0.265 e. The van der Waals surface area contributed by atoms with Crippen LogP contribution in [0.4, 0.5) is 0 Å². The molecule has 1 nitrogen and oxygen atoms in total. The second kappa shape index (κ2) is 8.35. The Labute approximate surface area is 163 Å². The number of nitrogens with zero attached hydrogens (tertiary/aromatic N) is 1. The third-order valence-electron chi connectivity index (χ3n) is 5.63. The van der Waals surface area contributed by atoms with E-state index in [4.69, 9.17) is 0 Å².